The Morgan fingerprint density at radius 2 is 1.90 bits per heavy atom. The van der Waals surface area contributed by atoms with Gasteiger partial charge in [0, 0.05) is 21.7 Å². The van der Waals surface area contributed by atoms with Gasteiger partial charge >= 0.3 is 0 Å². The van der Waals surface area contributed by atoms with Crippen molar-refractivity contribution in [3.63, 3.8) is 0 Å². The average molecular weight is 328 g/mol. The van der Waals surface area contributed by atoms with E-state index in [2.05, 4.69) is 0 Å². The number of hydrogen-bond donors (Lipinski definition) is 1. The van der Waals surface area contributed by atoms with Crippen LogP contribution in [-0.4, -0.2) is 6.04 Å². The maximum Gasteiger partial charge on any atom is 0.123 e. The van der Waals surface area contributed by atoms with Crippen molar-refractivity contribution in [1.29, 1.82) is 0 Å². The fourth-order valence-electron chi connectivity index (χ4n) is 2.00. The third kappa shape index (κ3) is 4.60. The van der Waals surface area contributed by atoms with Gasteiger partial charge in [-0.2, -0.15) is 0 Å². The number of rotatable bonds is 5. The van der Waals surface area contributed by atoms with E-state index < -0.39 is 0 Å². The van der Waals surface area contributed by atoms with Crippen LogP contribution in [0.3, 0.4) is 0 Å². The van der Waals surface area contributed by atoms with Crippen LogP contribution >= 0.6 is 23.2 Å². The van der Waals surface area contributed by atoms with Crippen molar-refractivity contribution in [3.05, 3.63) is 63.4 Å². The average Bonchev–Trinajstić information content (AvgIpc) is 2.41. The number of hydrogen-bond acceptors (Lipinski definition) is 2. The molecule has 0 fully saturated rings. The lowest BCUT2D eigenvalue weighted by Gasteiger charge is -2.14. The molecule has 0 saturated heterocycles. The molecule has 2 N–H and O–H groups in total. The van der Waals surface area contributed by atoms with Crippen LogP contribution in [0.5, 0.6) is 5.75 Å². The van der Waals surface area contributed by atoms with Gasteiger partial charge < -0.3 is 10.5 Å². The second-order valence-corrected chi connectivity index (χ2v) is 5.80. The summed E-state index contributed by atoms with van der Waals surface area (Å²) in [5.74, 6) is 0.295. The first-order chi connectivity index (χ1) is 9.95. The first kappa shape index (κ1) is 16.1. The van der Waals surface area contributed by atoms with Crippen molar-refractivity contribution >= 4 is 23.2 Å². The Kier molecular flexibility index (Phi) is 5.45. The molecule has 0 saturated carbocycles. The van der Waals surface area contributed by atoms with Crippen LogP contribution in [0.15, 0.2) is 36.4 Å². The molecule has 0 amide bonds. The third-order valence-corrected chi connectivity index (χ3v) is 3.56. The van der Waals surface area contributed by atoms with Crippen LogP contribution in [0.4, 0.5) is 4.39 Å². The summed E-state index contributed by atoms with van der Waals surface area (Å²) < 4.78 is 19.1. The Bertz CT molecular complexity index is 632. The van der Waals surface area contributed by atoms with E-state index >= 15 is 0 Å². The second-order valence-electron chi connectivity index (χ2n) is 4.96. The minimum absolute atomic E-state index is 0.0797. The summed E-state index contributed by atoms with van der Waals surface area (Å²) >= 11 is 12.0. The van der Waals surface area contributed by atoms with Gasteiger partial charge in [-0.05, 0) is 55.3 Å². The molecule has 2 aromatic carbocycles. The molecule has 0 aliphatic rings. The zero-order valence-corrected chi connectivity index (χ0v) is 13.1. The second kappa shape index (κ2) is 7.12. The molecular weight excluding hydrogens is 312 g/mol. The van der Waals surface area contributed by atoms with Crippen LogP contribution in [-0.2, 0) is 13.0 Å². The molecular formula is C16H16Cl2FNO. The van der Waals surface area contributed by atoms with E-state index in [1.54, 1.807) is 24.3 Å². The van der Waals surface area contributed by atoms with Crippen LogP contribution in [0.2, 0.25) is 10.0 Å². The van der Waals surface area contributed by atoms with Gasteiger partial charge in [-0.15, -0.1) is 0 Å². The Balaban J connectivity index is 2.17. The quantitative estimate of drug-likeness (QED) is 0.870. The maximum absolute atomic E-state index is 13.3. The first-order valence-electron chi connectivity index (χ1n) is 6.56. The van der Waals surface area contributed by atoms with Crippen molar-refractivity contribution in [2.24, 2.45) is 5.73 Å². The lowest BCUT2D eigenvalue weighted by atomic mass is 10.1. The molecule has 2 aromatic rings. The first-order valence-corrected chi connectivity index (χ1v) is 7.32. The van der Waals surface area contributed by atoms with Gasteiger partial charge in [0.1, 0.15) is 18.2 Å². The molecule has 0 aromatic heterocycles. The zero-order valence-electron chi connectivity index (χ0n) is 11.6. The molecule has 0 bridgehead atoms. The number of halogens is 3. The summed E-state index contributed by atoms with van der Waals surface area (Å²) in [6, 6.07) is 9.51. The molecule has 0 aliphatic heterocycles. The Morgan fingerprint density at radius 3 is 2.62 bits per heavy atom. The third-order valence-electron chi connectivity index (χ3n) is 2.96. The van der Waals surface area contributed by atoms with Gasteiger partial charge in [-0.1, -0.05) is 23.2 Å². The SMILES string of the molecule is CC(N)Cc1cc(F)ccc1OCc1cc(Cl)ccc1Cl. The fraction of sp³-hybridized carbons (Fsp3) is 0.250. The maximum atomic E-state index is 13.3. The highest BCUT2D eigenvalue weighted by Crippen LogP contribution is 2.25. The Labute approximate surface area is 133 Å². The van der Waals surface area contributed by atoms with E-state index in [0.29, 0.717) is 22.2 Å². The van der Waals surface area contributed by atoms with Gasteiger partial charge in [0.15, 0.2) is 0 Å². The number of benzene rings is 2. The van der Waals surface area contributed by atoms with Crippen molar-refractivity contribution in [2.45, 2.75) is 26.0 Å². The largest absolute Gasteiger partial charge is 0.489 e. The summed E-state index contributed by atoms with van der Waals surface area (Å²) in [5.41, 5.74) is 7.30. The minimum atomic E-state index is -0.307. The lowest BCUT2D eigenvalue weighted by molar-refractivity contribution is 0.302. The smallest absolute Gasteiger partial charge is 0.123 e. The molecule has 1 atom stereocenters. The lowest BCUT2D eigenvalue weighted by Crippen LogP contribution is -2.18. The summed E-state index contributed by atoms with van der Waals surface area (Å²) in [5, 5.41) is 1.17. The molecule has 1 unspecified atom stereocenters. The summed E-state index contributed by atoms with van der Waals surface area (Å²) in [6.07, 6.45) is 0.538. The van der Waals surface area contributed by atoms with Crippen LogP contribution < -0.4 is 10.5 Å². The van der Waals surface area contributed by atoms with E-state index in [-0.39, 0.29) is 18.5 Å². The highest BCUT2D eigenvalue weighted by Gasteiger charge is 2.09. The van der Waals surface area contributed by atoms with Crippen LogP contribution in [0.25, 0.3) is 0 Å². The fourth-order valence-corrected chi connectivity index (χ4v) is 2.37. The predicted molar refractivity (Wildman–Crippen MR) is 84.5 cm³/mol. The molecule has 0 heterocycles. The molecule has 2 nitrogen and oxygen atoms in total. The molecule has 0 radical (unpaired) electrons. The predicted octanol–water partition coefficient (Wildman–Crippen LogP) is 4.60. The Morgan fingerprint density at radius 1 is 1.14 bits per heavy atom. The van der Waals surface area contributed by atoms with Crippen molar-refractivity contribution in [2.75, 3.05) is 0 Å². The van der Waals surface area contributed by atoms with Crippen LogP contribution in [0, 0.1) is 5.82 Å². The molecule has 5 heteroatoms. The minimum Gasteiger partial charge on any atom is -0.489 e. The highest BCUT2D eigenvalue weighted by molar-refractivity contribution is 6.33. The molecule has 0 aliphatic carbocycles. The Hall–Kier alpha value is -1.29. The van der Waals surface area contributed by atoms with Gasteiger partial charge in [0.05, 0.1) is 0 Å². The topological polar surface area (TPSA) is 35.2 Å². The van der Waals surface area contributed by atoms with E-state index in [1.165, 1.54) is 12.1 Å². The van der Waals surface area contributed by atoms with Gasteiger partial charge in [0.25, 0.3) is 0 Å². The monoisotopic (exact) mass is 327 g/mol. The van der Waals surface area contributed by atoms with E-state index in [0.717, 1.165) is 11.1 Å². The molecule has 0 spiro atoms. The van der Waals surface area contributed by atoms with Crippen molar-refractivity contribution < 1.29 is 9.13 Å². The highest BCUT2D eigenvalue weighted by atomic mass is 35.5. The number of ether oxygens (including phenoxy) is 1. The summed E-state index contributed by atoms with van der Waals surface area (Å²) in [4.78, 5) is 0. The normalized spacial score (nSPS) is 12.2. The molecule has 2 rings (SSSR count). The van der Waals surface area contributed by atoms with Crippen molar-refractivity contribution in [3.8, 4) is 5.75 Å². The summed E-state index contributed by atoms with van der Waals surface area (Å²) in [6.45, 7) is 2.12. The van der Waals surface area contributed by atoms with E-state index in [4.69, 9.17) is 33.7 Å². The van der Waals surface area contributed by atoms with Gasteiger partial charge in [-0.3, -0.25) is 0 Å². The van der Waals surface area contributed by atoms with Crippen molar-refractivity contribution in [1.82, 2.24) is 0 Å². The number of nitrogens with two attached hydrogens (primary N) is 1. The molecule has 112 valence electrons. The van der Waals surface area contributed by atoms with Gasteiger partial charge in [0.2, 0.25) is 0 Å². The zero-order chi connectivity index (χ0) is 15.4. The van der Waals surface area contributed by atoms with Gasteiger partial charge in [-0.25, -0.2) is 4.39 Å². The summed E-state index contributed by atoms with van der Waals surface area (Å²) in [7, 11) is 0. The van der Waals surface area contributed by atoms with Crippen LogP contribution in [0.1, 0.15) is 18.1 Å². The standard InChI is InChI=1S/C16H16Cl2FNO/c1-10(20)6-11-8-14(19)3-5-16(11)21-9-12-7-13(17)2-4-15(12)18/h2-5,7-8,10H,6,9,20H2,1H3. The van der Waals surface area contributed by atoms with E-state index in [9.17, 15) is 4.39 Å². The van der Waals surface area contributed by atoms with E-state index in [1.807, 2.05) is 6.92 Å². The molecule has 21 heavy (non-hydrogen) atoms.